The first-order chi connectivity index (χ1) is 15.3. The van der Waals surface area contributed by atoms with Crippen LogP contribution in [-0.2, 0) is 27.2 Å². The highest BCUT2D eigenvalue weighted by Gasteiger charge is 2.60. The van der Waals surface area contributed by atoms with Crippen molar-refractivity contribution in [2.75, 3.05) is 0 Å². The van der Waals surface area contributed by atoms with Crippen LogP contribution in [0.25, 0.3) is 5.76 Å². The molecular formula is C24H29NO7Si. The molecule has 9 heteroatoms. The largest absolute Gasteiger partial charge is 0.508 e. The lowest BCUT2D eigenvalue weighted by Gasteiger charge is -2.46. The molecule has 1 amide bonds. The summed E-state index contributed by atoms with van der Waals surface area (Å²) in [5.41, 5.74) is 3.69. The fourth-order valence-electron chi connectivity index (χ4n) is 5.43. The van der Waals surface area contributed by atoms with Crippen molar-refractivity contribution in [1.29, 1.82) is 0 Å². The van der Waals surface area contributed by atoms with Crippen molar-refractivity contribution in [3.63, 3.8) is 0 Å². The molecule has 0 aromatic heterocycles. The Labute approximate surface area is 192 Å². The number of aliphatic hydroxyl groups excluding tert-OH is 2. The number of amides is 1. The third-order valence-electron chi connectivity index (χ3n) is 7.19. The van der Waals surface area contributed by atoms with Crippen LogP contribution in [0.4, 0.5) is 0 Å². The SMILES string of the molecule is C[Si](C)(C)CCc1ccc(O)c2c1CC1CC3CC(=O)C(C(N)=O)=C(O)C3(O)C(=O)C1=C2O. The Bertz CT molecular complexity index is 1160. The quantitative estimate of drug-likeness (QED) is 0.333. The molecule has 0 spiro atoms. The first kappa shape index (κ1) is 23.3. The molecule has 3 aliphatic carbocycles. The van der Waals surface area contributed by atoms with Gasteiger partial charge in [-0.2, -0.15) is 0 Å². The number of hydrogen-bond acceptors (Lipinski definition) is 7. The average molecular weight is 472 g/mol. The number of primary amides is 1. The van der Waals surface area contributed by atoms with Gasteiger partial charge < -0.3 is 26.2 Å². The van der Waals surface area contributed by atoms with Crippen molar-refractivity contribution in [2.24, 2.45) is 17.6 Å². The zero-order valence-corrected chi connectivity index (χ0v) is 19.9. The van der Waals surface area contributed by atoms with Crippen molar-refractivity contribution < 1.29 is 34.8 Å². The van der Waals surface area contributed by atoms with Crippen LogP contribution in [0.15, 0.2) is 29.0 Å². The Morgan fingerprint density at radius 3 is 2.42 bits per heavy atom. The second-order valence-electron chi connectivity index (χ2n) is 10.6. The third-order valence-corrected chi connectivity index (χ3v) is 8.94. The van der Waals surface area contributed by atoms with Gasteiger partial charge in [0.1, 0.15) is 22.8 Å². The Hall–Kier alpha value is -2.91. The number of nitrogens with two attached hydrogens (primary N) is 1. The molecule has 0 heterocycles. The fraction of sp³-hybridized carbons (Fsp3) is 0.458. The molecule has 3 atom stereocenters. The van der Waals surface area contributed by atoms with E-state index < -0.39 is 60.1 Å². The molecule has 4 rings (SSSR count). The van der Waals surface area contributed by atoms with Gasteiger partial charge in [-0.15, -0.1) is 0 Å². The normalized spacial score (nSPS) is 27.3. The highest BCUT2D eigenvalue weighted by atomic mass is 28.3. The van der Waals surface area contributed by atoms with E-state index in [4.69, 9.17) is 5.73 Å². The van der Waals surface area contributed by atoms with E-state index in [2.05, 4.69) is 19.6 Å². The van der Waals surface area contributed by atoms with Crippen molar-refractivity contribution in [3.8, 4) is 5.75 Å². The zero-order valence-electron chi connectivity index (χ0n) is 18.9. The molecule has 8 nitrogen and oxygen atoms in total. The van der Waals surface area contributed by atoms with E-state index in [1.807, 2.05) is 6.07 Å². The van der Waals surface area contributed by atoms with Crippen molar-refractivity contribution in [2.45, 2.75) is 57.0 Å². The van der Waals surface area contributed by atoms with Gasteiger partial charge in [-0.3, -0.25) is 14.4 Å². The summed E-state index contributed by atoms with van der Waals surface area (Å²) in [5, 5.41) is 43.5. The zero-order chi connectivity index (χ0) is 24.5. The van der Waals surface area contributed by atoms with Gasteiger partial charge in [0.15, 0.2) is 11.4 Å². The van der Waals surface area contributed by atoms with Gasteiger partial charge in [-0.05, 0) is 42.4 Å². The fourth-order valence-corrected chi connectivity index (χ4v) is 6.45. The Morgan fingerprint density at radius 1 is 1.15 bits per heavy atom. The minimum Gasteiger partial charge on any atom is -0.508 e. The molecule has 1 saturated carbocycles. The summed E-state index contributed by atoms with van der Waals surface area (Å²) in [4.78, 5) is 37.6. The van der Waals surface area contributed by atoms with Gasteiger partial charge in [-0.1, -0.05) is 31.8 Å². The molecule has 1 aromatic carbocycles. The molecule has 0 radical (unpaired) electrons. The van der Waals surface area contributed by atoms with E-state index in [0.29, 0.717) is 6.42 Å². The maximum atomic E-state index is 13.5. The van der Waals surface area contributed by atoms with Gasteiger partial charge >= 0.3 is 0 Å². The summed E-state index contributed by atoms with van der Waals surface area (Å²) in [7, 11) is -1.36. The van der Waals surface area contributed by atoms with E-state index in [1.165, 1.54) is 6.07 Å². The lowest BCUT2D eigenvalue weighted by molar-refractivity contribution is -0.147. The van der Waals surface area contributed by atoms with Crippen molar-refractivity contribution >= 4 is 31.3 Å². The number of ketones is 2. The van der Waals surface area contributed by atoms with Gasteiger partial charge in [0.05, 0.1) is 5.56 Å². The number of rotatable bonds is 4. The molecule has 0 aliphatic heterocycles. The monoisotopic (exact) mass is 471 g/mol. The summed E-state index contributed by atoms with van der Waals surface area (Å²) in [6.45, 7) is 6.78. The van der Waals surface area contributed by atoms with Gasteiger partial charge in [0.2, 0.25) is 5.78 Å². The number of Topliss-reactive ketones (excluding diaryl/α,β-unsaturated/α-hetero) is 2. The Morgan fingerprint density at radius 2 is 1.82 bits per heavy atom. The molecule has 1 aromatic rings. The van der Waals surface area contributed by atoms with Crippen LogP contribution in [0.3, 0.4) is 0 Å². The van der Waals surface area contributed by atoms with Crippen LogP contribution in [0.5, 0.6) is 5.75 Å². The molecule has 3 unspecified atom stereocenters. The molecule has 33 heavy (non-hydrogen) atoms. The third kappa shape index (κ3) is 3.50. The number of phenolic OH excluding ortho intramolecular Hbond substituents is 1. The van der Waals surface area contributed by atoms with Crippen molar-refractivity contribution in [3.05, 3.63) is 45.7 Å². The van der Waals surface area contributed by atoms with E-state index in [1.54, 1.807) is 0 Å². The predicted molar refractivity (Wildman–Crippen MR) is 123 cm³/mol. The number of aromatic hydroxyl groups is 1. The summed E-state index contributed by atoms with van der Waals surface area (Å²) < 4.78 is 0. The van der Waals surface area contributed by atoms with Gasteiger partial charge in [0.25, 0.3) is 5.91 Å². The number of carbonyl (C=O) groups is 3. The molecule has 3 aliphatic rings. The minimum absolute atomic E-state index is 0.108. The number of carbonyl (C=O) groups excluding carboxylic acids is 3. The number of aryl methyl sites for hydroxylation is 1. The summed E-state index contributed by atoms with van der Waals surface area (Å²) >= 11 is 0. The Balaban J connectivity index is 1.85. The smallest absolute Gasteiger partial charge is 0.255 e. The lowest BCUT2D eigenvalue weighted by atomic mass is 9.59. The number of hydrogen-bond donors (Lipinski definition) is 5. The number of benzene rings is 1. The average Bonchev–Trinajstić information content (AvgIpc) is 2.69. The maximum absolute atomic E-state index is 13.5. The molecule has 1 fully saturated rings. The number of aliphatic hydroxyl groups is 3. The predicted octanol–water partition coefficient (Wildman–Crippen LogP) is 2.30. The van der Waals surface area contributed by atoms with Crippen LogP contribution in [0.2, 0.25) is 25.7 Å². The van der Waals surface area contributed by atoms with Crippen LogP contribution in [-0.4, -0.2) is 51.6 Å². The summed E-state index contributed by atoms with van der Waals surface area (Å²) in [6, 6.07) is 4.34. The Kier molecular flexibility index (Phi) is 5.33. The van der Waals surface area contributed by atoms with Crippen molar-refractivity contribution in [1.82, 2.24) is 0 Å². The highest BCUT2D eigenvalue weighted by Crippen LogP contribution is 2.52. The summed E-state index contributed by atoms with van der Waals surface area (Å²) in [5.74, 6) is -6.04. The van der Waals surface area contributed by atoms with Gasteiger partial charge in [0, 0.05) is 26.0 Å². The summed E-state index contributed by atoms with van der Waals surface area (Å²) in [6.07, 6.45) is 0.958. The highest BCUT2D eigenvalue weighted by molar-refractivity contribution is 6.76. The molecular weight excluding hydrogens is 442 g/mol. The van der Waals surface area contributed by atoms with Crippen LogP contribution in [0, 0.1) is 11.8 Å². The molecule has 0 saturated heterocycles. The van der Waals surface area contributed by atoms with Crippen LogP contribution in [0.1, 0.15) is 29.5 Å². The van der Waals surface area contributed by atoms with Crippen LogP contribution < -0.4 is 5.73 Å². The second-order valence-corrected chi connectivity index (χ2v) is 16.2. The minimum atomic E-state index is -2.53. The van der Waals surface area contributed by atoms with E-state index in [9.17, 15) is 34.8 Å². The molecule has 0 bridgehead atoms. The van der Waals surface area contributed by atoms with E-state index >= 15 is 0 Å². The standard InChI is InChI=1S/C24H29NO7Si/c1-33(2,3)7-6-11-4-5-15(26)18-14(11)9-12-8-13-10-16(27)19(23(25)31)22(30)24(13,32)21(29)17(12)20(18)28/h4-5,12-13,26,28,30,32H,6-10H2,1-3H3,(H2,25,31). The number of fused-ring (bicyclic) bond motifs is 3. The number of phenols is 1. The topological polar surface area (TPSA) is 158 Å². The molecule has 6 N–H and O–H groups in total. The molecule has 176 valence electrons. The maximum Gasteiger partial charge on any atom is 0.255 e. The van der Waals surface area contributed by atoms with E-state index in [-0.39, 0.29) is 29.7 Å². The lowest BCUT2D eigenvalue weighted by Crippen LogP contribution is -2.58. The second kappa shape index (κ2) is 7.56. The van der Waals surface area contributed by atoms with Crippen LogP contribution >= 0.6 is 0 Å². The first-order valence-corrected chi connectivity index (χ1v) is 14.8. The van der Waals surface area contributed by atoms with E-state index in [0.717, 1.165) is 23.6 Å². The van der Waals surface area contributed by atoms with Gasteiger partial charge in [-0.25, -0.2) is 0 Å². The first-order valence-electron chi connectivity index (χ1n) is 11.1.